The average Bonchev–Trinajstić information content (AvgIpc) is 2.80. The molecule has 0 spiro atoms. The minimum Gasteiger partial charge on any atom is -0.505 e. The van der Waals surface area contributed by atoms with Gasteiger partial charge in [-0.2, -0.15) is 0 Å². The highest BCUT2D eigenvalue weighted by Crippen LogP contribution is 2.28. The Labute approximate surface area is 206 Å². The van der Waals surface area contributed by atoms with E-state index in [-0.39, 0.29) is 47.2 Å². The molecule has 2 amide bonds. The van der Waals surface area contributed by atoms with Crippen LogP contribution in [0.5, 0.6) is 0 Å². The molecule has 0 fully saturated rings. The lowest BCUT2D eigenvalue weighted by Crippen LogP contribution is -2.46. The van der Waals surface area contributed by atoms with Crippen molar-refractivity contribution >= 4 is 23.8 Å². The third kappa shape index (κ3) is 8.16. The van der Waals surface area contributed by atoms with Crippen LogP contribution in [0.15, 0.2) is 64.2 Å². The Morgan fingerprint density at radius 3 is 2.69 bits per heavy atom. The third-order valence-corrected chi connectivity index (χ3v) is 5.61. The van der Waals surface area contributed by atoms with Crippen molar-refractivity contribution in [1.29, 1.82) is 0 Å². The first-order valence-corrected chi connectivity index (χ1v) is 11.8. The SMILES string of the molecule is CC(C)/C=C(F)\C=C/C(C)CC1C=C2C(=NC1)/C(O)=C/C(=O)N(C)C/C=C/2C(=O)NC(C)(C)C=O. The van der Waals surface area contributed by atoms with Crippen LogP contribution in [-0.2, 0) is 14.4 Å². The summed E-state index contributed by atoms with van der Waals surface area (Å²) in [6.07, 6.45) is 10.6. The number of carbonyl (C=O) groups excluding carboxylic acids is 3. The second kappa shape index (κ2) is 11.9. The monoisotopic (exact) mass is 485 g/mol. The van der Waals surface area contributed by atoms with Gasteiger partial charge in [-0.1, -0.05) is 39.0 Å². The number of fused-ring (bicyclic) bond motifs is 1. The van der Waals surface area contributed by atoms with Gasteiger partial charge in [0.05, 0.1) is 5.54 Å². The molecule has 7 nitrogen and oxygen atoms in total. The van der Waals surface area contributed by atoms with Crippen LogP contribution in [-0.4, -0.2) is 59.5 Å². The van der Waals surface area contributed by atoms with Crippen molar-refractivity contribution in [3.05, 3.63) is 59.2 Å². The number of aliphatic hydroxyl groups is 1. The lowest BCUT2D eigenvalue weighted by atomic mass is 9.86. The minimum absolute atomic E-state index is 0.0309. The minimum atomic E-state index is -1.10. The molecule has 2 aliphatic heterocycles. The number of allylic oxidation sites excluding steroid dienone is 5. The molecular formula is C27H36FN3O4. The van der Waals surface area contributed by atoms with Gasteiger partial charge >= 0.3 is 0 Å². The molecule has 35 heavy (non-hydrogen) atoms. The number of dihydropyridines is 1. The molecule has 0 aromatic rings. The van der Waals surface area contributed by atoms with Crippen LogP contribution in [0.3, 0.4) is 0 Å². The van der Waals surface area contributed by atoms with E-state index in [1.54, 1.807) is 39.1 Å². The maximum Gasteiger partial charge on any atom is 0.252 e. The molecule has 8 heteroatoms. The Kier molecular flexibility index (Phi) is 9.51. The van der Waals surface area contributed by atoms with Crippen LogP contribution in [0.1, 0.15) is 41.0 Å². The van der Waals surface area contributed by atoms with Gasteiger partial charge in [0, 0.05) is 37.4 Å². The number of amides is 2. The predicted molar refractivity (Wildman–Crippen MR) is 136 cm³/mol. The second-order valence-electron chi connectivity index (χ2n) is 10.1. The Morgan fingerprint density at radius 1 is 1.37 bits per heavy atom. The number of carbonyl (C=O) groups is 3. The number of likely N-dealkylation sites (N-methyl/N-ethyl adjacent to an activating group) is 1. The fraction of sp³-hybridized carbons (Fsp3) is 0.481. The molecule has 190 valence electrons. The zero-order valence-electron chi connectivity index (χ0n) is 21.3. The van der Waals surface area contributed by atoms with Crippen LogP contribution in [0, 0.1) is 17.8 Å². The quantitative estimate of drug-likeness (QED) is 0.401. The highest BCUT2D eigenvalue weighted by atomic mass is 19.1. The van der Waals surface area contributed by atoms with Crippen LogP contribution in [0.4, 0.5) is 4.39 Å². The van der Waals surface area contributed by atoms with E-state index >= 15 is 0 Å². The van der Waals surface area contributed by atoms with Crippen molar-refractivity contribution in [1.82, 2.24) is 10.2 Å². The topological polar surface area (TPSA) is 99.1 Å². The van der Waals surface area contributed by atoms with E-state index in [9.17, 15) is 23.9 Å². The summed E-state index contributed by atoms with van der Waals surface area (Å²) < 4.78 is 13.9. The largest absolute Gasteiger partial charge is 0.505 e. The zero-order valence-corrected chi connectivity index (χ0v) is 21.3. The fourth-order valence-electron chi connectivity index (χ4n) is 3.75. The molecule has 2 unspecified atom stereocenters. The number of hydrogen-bond donors (Lipinski definition) is 2. The Balaban J connectivity index is 2.41. The number of rotatable bonds is 8. The van der Waals surface area contributed by atoms with Crippen molar-refractivity contribution in [2.75, 3.05) is 20.1 Å². The van der Waals surface area contributed by atoms with Gasteiger partial charge in [0.1, 0.15) is 23.6 Å². The first-order chi connectivity index (χ1) is 16.3. The average molecular weight is 486 g/mol. The smallest absolute Gasteiger partial charge is 0.252 e. The van der Waals surface area contributed by atoms with E-state index in [1.165, 1.54) is 11.0 Å². The number of nitrogens with one attached hydrogen (secondary N) is 1. The van der Waals surface area contributed by atoms with Gasteiger partial charge in [0.15, 0.2) is 0 Å². The summed E-state index contributed by atoms with van der Waals surface area (Å²) in [4.78, 5) is 42.8. The lowest BCUT2D eigenvalue weighted by molar-refractivity contribution is -0.124. The Morgan fingerprint density at radius 2 is 2.06 bits per heavy atom. The highest BCUT2D eigenvalue weighted by Gasteiger charge is 2.30. The van der Waals surface area contributed by atoms with Gasteiger partial charge in [-0.15, -0.1) is 0 Å². The van der Waals surface area contributed by atoms with E-state index in [2.05, 4.69) is 10.3 Å². The van der Waals surface area contributed by atoms with Crippen molar-refractivity contribution in [3.8, 4) is 0 Å². The highest BCUT2D eigenvalue weighted by molar-refractivity contribution is 6.21. The number of halogens is 1. The van der Waals surface area contributed by atoms with Gasteiger partial charge in [0.2, 0.25) is 5.91 Å². The molecule has 0 aromatic heterocycles. The van der Waals surface area contributed by atoms with Crippen molar-refractivity contribution in [3.63, 3.8) is 0 Å². The Hall–Kier alpha value is -3.29. The molecule has 0 saturated carbocycles. The molecule has 0 aromatic carbocycles. The van der Waals surface area contributed by atoms with Crippen LogP contribution in [0.25, 0.3) is 0 Å². The van der Waals surface area contributed by atoms with Crippen LogP contribution in [0.2, 0.25) is 0 Å². The summed E-state index contributed by atoms with van der Waals surface area (Å²) in [5.41, 5.74) is -0.322. The van der Waals surface area contributed by atoms with Gasteiger partial charge in [-0.3, -0.25) is 14.6 Å². The van der Waals surface area contributed by atoms with Crippen LogP contribution >= 0.6 is 0 Å². The standard InChI is InChI=1S/C27H36FN3O4/c1-17(2)11-20(28)8-7-18(3)12-19-13-22-21(26(35)30-27(4,5)16-32)9-10-31(6)24(34)14-23(33)25(22)29-15-19/h7-9,11,13-14,16-19,33H,10,12,15H2,1-6H3,(H,30,35)/b8-7-,20-11+,21-9-,23-14-. The maximum atomic E-state index is 13.9. The van der Waals surface area contributed by atoms with E-state index < -0.39 is 17.4 Å². The molecule has 0 saturated heterocycles. The second-order valence-corrected chi connectivity index (χ2v) is 10.1. The fourth-order valence-corrected chi connectivity index (χ4v) is 3.75. The molecule has 0 bridgehead atoms. The number of aliphatic imine (C=N–C) groups is 1. The first-order valence-electron chi connectivity index (χ1n) is 11.8. The predicted octanol–water partition coefficient (Wildman–Crippen LogP) is 4.01. The van der Waals surface area contributed by atoms with Crippen molar-refractivity contribution in [2.24, 2.45) is 22.7 Å². The third-order valence-electron chi connectivity index (χ3n) is 5.61. The van der Waals surface area contributed by atoms with Gasteiger partial charge < -0.3 is 20.1 Å². The van der Waals surface area contributed by atoms with Gasteiger partial charge in [-0.05, 0) is 50.2 Å². The molecule has 2 aliphatic rings. The summed E-state index contributed by atoms with van der Waals surface area (Å²) >= 11 is 0. The van der Waals surface area contributed by atoms with Crippen LogP contribution < -0.4 is 5.32 Å². The molecule has 0 aliphatic carbocycles. The molecule has 2 heterocycles. The summed E-state index contributed by atoms with van der Waals surface area (Å²) in [6.45, 7) is 9.42. The molecule has 2 atom stereocenters. The van der Waals surface area contributed by atoms with E-state index in [1.807, 2.05) is 26.8 Å². The molecule has 2 rings (SSSR count). The van der Waals surface area contributed by atoms with Gasteiger partial charge in [-0.25, -0.2) is 4.39 Å². The summed E-state index contributed by atoms with van der Waals surface area (Å²) in [7, 11) is 1.56. The number of hydrogen-bond acceptors (Lipinski definition) is 5. The Bertz CT molecular complexity index is 1030. The molecule has 2 N–H and O–H groups in total. The molecule has 0 radical (unpaired) electrons. The van der Waals surface area contributed by atoms with E-state index in [0.717, 1.165) is 6.08 Å². The number of nitrogens with zero attached hydrogens (tertiary/aromatic N) is 2. The normalized spacial score (nSPS) is 23.7. The van der Waals surface area contributed by atoms with E-state index in [4.69, 9.17) is 0 Å². The number of aliphatic hydroxyl groups excluding tert-OH is 1. The van der Waals surface area contributed by atoms with Gasteiger partial charge in [0.25, 0.3) is 5.91 Å². The maximum absolute atomic E-state index is 13.9. The molecular weight excluding hydrogens is 449 g/mol. The summed E-state index contributed by atoms with van der Waals surface area (Å²) in [5.74, 6) is -1.48. The van der Waals surface area contributed by atoms with E-state index in [0.29, 0.717) is 24.8 Å². The van der Waals surface area contributed by atoms with Crippen molar-refractivity contribution < 1.29 is 23.9 Å². The number of aldehydes is 1. The summed E-state index contributed by atoms with van der Waals surface area (Å²) in [5, 5.41) is 13.3. The first kappa shape index (κ1) is 28.0. The summed E-state index contributed by atoms with van der Waals surface area (Å²) in [6, 6.07) is 0. The van der Waals surface area contributed by atoms with Crippen molar-refractivity contribution in [2.45, 2.75) is 46.6 Å². The lowest BCUT2D eigenvalue weighted by Gasteiger charge is -2.25. The zero-order chi connectivity index (χ0) is 26.3.